The fourth-order valence-electron chi connectivity index (χ4n) is 5.16. The van der Waals surface area contributed by atoms with Crippen LogP contribution in [-0.2, 0) is 29.8 Å². The van der Waals surface area contributed by atoms with E-state index >= 15 is 0 Å². The zero-order chi connectivity index (χ0) is 28.3. The van der Waals surface area contributed by atoms with Crippen molar-refractivity contribution in [2.24, 2.45) is 17.9 Å². The van der Waals surface area contributed by atoms with Gasteiger partial charge in [-0.2, -0.15) is 13.2 Å². The van der Waals surface area contributed by atoms with Gasteiger partial charge in [0.15, 0.2) is 5.65 Å². The molecule has 11 heteroatoms. The number of alkyl halides is 3. The molecule has 1 aliphatic carbocycles. The van der Waals surface area contributed by atoms with E-state index in [4.69, 9.17) is 4.98 Å². The normalized spacial score (nSPS) is 20.7. The maximum atomic E-state index is 13.2. The summed E-state index contributed by atoms with van der Waals surface area (Å²) in [5.74, 6) is -0.0808. The highest BCUT2D eigenvalue weighted by Gasteiger charge is 2.40. The molecule has 38 heavy (non-hydrogen) atoms. The van der Waals surface area contributed by atoms with Crippen molar-refractivity contribution in [2.75, 3.05) is 0 Å². The Morgan fingerprint density at radius 3 is 2.45 bits per heavy atom. The first kappa shape index (κ1) is 28.4. The number of benzene rings is 1. The number of hydrogen-bond acceptors (Lipinski definition) is 4. The van der Waals surface area contributed by atoms with Crippen molar-refractivity contribution >= 4 is 21.2 Å². The number of fused-ring (bicyclic) bond motifs is 1. The van der Waals surface area contributed by atoms with Crippen molar-refractivity contribution < 1.29 is 21.6 Å². The van der Waals surface area contributed by atoms with E-state index in [0.29, 0.717) is 31.1 Å². The number of hydrogen-bond donors (Lipinski definition) is 1. The monoisotopic (exact) mass is 552 g/mol. The number of imidazole rings is 1. The molecule has 0 radical (unpaired) electrons. The highest BCUT2D eigenvalue weighted by atomic mass is 32.2. The van der Waals surface area contributed by atoms with Gasteiger partial charge in [-0.25, -0.2) is 22.9 Å². The van der Waals surface area contributed by atoms with Crippen LogP contribution in [0.2, 0.25) is 0 Å². The molecule has 4 rings (SSSR count). The zero-order valence-electron chi connectivity index (χ0n) is 22.6. The van der Waals surface area contributed by atoms with Crippen molar-refractivity contribution in [1.82, 2.24) is 18.8 Å². The van der Waals surface area contributed by atoms with Crippen molar-refractivity contribution in [3.8, 4) is 0 Å². The smallest absolute Gasteiger partial charge is 0.290 e. The van der Waals surface area contributed by atoms with Gasteiger partial charge in [0.25, 0.3) is 0 Å². The topological polar surface area (TPSA) is 86.0 Å². The quantitative estimate of drug-likeness (QED) is 0.457. The summed E-state index contributed by atoms with van der Waals surface area (Å²) in [7, 11) is -2.51. The van der Waals surface area contributed by atoms with Crippen LogP contribution in [0.4, 0.5) is 13.2 Å². The minimum atomic E-state index is -4.64. The van der Waals surface area contributed by atoms with Crippen LogP contribution in [0.25, 0.3) is 11.2 Å². The Balaban J connectivity index is 1.63. The first-order valence-corrected chi connectivity index (χ1v) is 14.1. The molecule has 0 bridgehead atoms. The van der Waals surface area contributed by atoms with Crippen molar-refractivity contribution in [2.45, 2.75) is 83.5 Å². The molecule has 0 saturated heterocycles. The van der Waals surface area contributed by atoms with Gasteiger partial charge in [0.2, 0.25) is 10.0 Å². The number of nitrogens with zero attached hydrogens (tertiary/aromatic N) is 3. The van der Waals surface area contributed by atoms with Crippen LogP contribution in [0.3, 0.4) is 0 Å². The summed E-state index contributed by atoms with van der Waals surface area (Å²) >= 11 is 0. The summed E-state index contributed by atoms with van der Waals surface area (Å²) in [6.07, 6.45) is -2.75. The lowest BCUT2D eigenvalue weighted by molar-refractivity contribution is -0.137. The fraction of sp³-hybridized carbons (Fsp3) is 0.556. The summed E-state index contributed by atoms with van der Waals surface area (Å²) in [5.41, 5.74) is 0.406. The first-order chi connectivity index (χ1) is 17.4. The Labute approximate surface area is 221 Å². The third-order valence-corrected chi connectivity index (χ3v) is 8.89. The maximum Gasteiger partial charge on any atom is 0.416 e. The van der Waals surface area contributed by atoms with Gasteiger partial charge in [0.05, 0.1) is 16.0 Å². The molecule has 0 amide bonds. The van der Waals surface area contributed by atoms with Crippen LogP contribution in [-0.4, -0.2) is 28.6 Å². The van der Waals surface area contributed by atoms with Gasteiger partial charge in [-0.3, -0.25) is 9.13 Å². The van der Waals surface area contributed by atoms with E-state index in [0.717, 1.165) is 29.8 Å². The predicted molar refractivity (Wildman–Crippen MR) is 140 cm³/mol. The van der Waals surface area contributed by atoms with Crippen molar-refractivity contribution in [1.29, 1.82) is 0 Å². The Bertz CT molecular complexity index is 1520. The van der Waals surface area contributed by atoms with Gasteiger partial charge < -0.3 is 0 Å². The summed E-state index contributed by atoms with van der Waals surface area (Å²) in [4.78, 5) is 17.3. The SMILES string of the molecule is Cn1c(=O)n(CC(C)(C)C)c2ccc(C3CCC(C)(C)C(NS(=O)(=O)c4cccc(C(F)(F)F)c4)C3)nc21. The molecule has 2 atom stereocenters. The number of aromatic nitrogens is 3. The second-order valence-corrected chi connectivity index (χ2v) is 13.9. The molecular formula is C27H35F3N4O3S. The van der Waals surface area contributed by atoms with E-state index in [1.807, 2.05) is 26.0 Å². The highest BCUT2D eigenvalue weighted by molar-refractivity contribution is 7.89. The van der Waals surface area contributed by atoms with Crippen LogP contribution in [0, 0.1) is 10.8 Å². The number of nitrogens with one attached hydrogen (secondary N) is 1. The van der Waals surface area contributed by atoms with E-state index in [1.54, 1.807) is 11.6 Å². The molecule has 1 saturated carbocycles. The molecule has 2 heterocycles. The minimum absolute atomic E-state index is 0.0808. The average Bonchev–Trinajstić information content (AvgIpc) is 3.03. The maximum absolute atomic E-state index is 13.2. The largest absolute Gasteiger partial charge is 0.416 e. The lowest BCUT2D eigenvalue weighted by Crippen LogP contribution is -2.48. The average molecular weight is 553 g/mol. The summed E-state index contributed by atoms with van der Waals surface area (Å²) < 4.78 is 71.8. The highest BCUT2D eigenvalue weighted by Crippen LogP contribution is 2.43. The van der Waals surface area contributed by atoms with Crippen LogP contribution in [0.1, 0.15) is 71.1 Å². The van der Waals surface area contributed by atoms with Gasteiger partial charge in [-0.15, -0.1) is 0 Å². The number of sulfonamides is 1. The lowest BCUT2D eigenvalue weighted by Gasteiger charge is -2.42. The van der Waals surface area contributed by atoms with E-state index in [-0.39, 0.29) is 17.0 Å². The van der Waals surface area contributed by atoms with E-state index < -0.39 is 38.1 Å². The molecule has 1 fully saturated rings. The van der Waals surface area contributed by atoms with Crippen LogP contribution in [0.5, 0.6) is 0 Å². The van der Waals surface area contributed by atoms with Gasteiger partial charge in [0.1, 0.15) is 0 Å². The van der Waals surface area contributed by atoms with Gasteiger partial charge in [-0.1, -0.05) is 40.7 Å². The Morgan fingerprint density at radius 2 is 1.82 bits per heavy atom. The summed E-state index contributed by atoms with van der Waals surface area (Å²) in [5, 5.41) is 0. The number of pyridine rings is 1. The Hall–Kier alpha value is -2.66. The lowest BCUT2D eigenvalue weighted by atomic mass is 9.69. The number of rotatable bonds is 5. The standard InChI is InChI=1S/C27H35F3N4O3S/c1-25(2,3)16-34-21-11-10-20(31-23(21)33(6)24(34)35)17-12-13-26(4,5)22(14-17)32-38(36,37)19-9-7-8-18(15-19)27(28,29)30/h7-11,15,17,22,32H,12-14,16H2,1-6H3. The van der Waals surface area contributed by atoms with Crippen molar-refractivity contribution in [3.05, 3.63) is 58.1 Å². The zero-order valence-corrected chi connectivity index (χ0v) is 23.4. The minimum Gasteiger partial charge on any atom is -0.290 e. The predicted octanol–water partition coefficient (Wildman–Crippen LogP) is 5.44. The molecule has 2 unspecified atom stereocenters. The summed E-state index contributed by atoms with van der Waals surface area (Å²) in [6, 6.07) is 7.05. The third-order valence-electron chi connectivity index (χ3n) is 7.42. The number of aryl methyl sites for hydroxylation is 1. The Kier molecular flexibility index (Phi) is 7.10. The molecular weight excluding hydrogens is 517 g/mol. The van der Waals surface area contributed by atoms with Crippen molar-refractivity contribution in [3.63, 3.8) is 0 Å². The van der Waals surface area contributed by atoms with Crippen LogP contribution >= 0.6 is 0 Å². The van der Waals surface area contributed by atoms with E-state index in [1.165, 1.54) is 10.6 Å². The molecule has 1 N–H and O–H groups in total. The molecule has 3 aromatic rings. The second-order valence-electron chi connectivity index (χ2n) is 12.2. The molecule has 0 aliphatic heterocycles. The van der Waals surface area contributed by atoms with Gasteiger partial charge >= 0.3 is 11.9 Å². The van der Waals surface area contributed by atoms with Gasteiger partial charge in [0, 0.05) is 31.2 Å². The molecule has 1 aromatic carbocycles. The Morgan fingerprint density at radius 1 is 1.13 bits per heavy atom. The summed E-state index contributed by atoms with van der Waals surface area (Å²) in [6.45, 7) is 10.6. The van der Waals surface area contributed by atoms with Crippen LogP contribution in [0.15, 0.2) is 46.1 Å². The number of halogens is 3. The fourth-order valence-corrected chi connectivity index (χ4v) is 6.62. The second kappa shape index (κ2) is 9.51. The third kappa shape index (κ3) is 5.68. The van der Waals surface area contributed by atoms with Crippen LogP contribution < -0.4 is 10.4 Å². The molecule has 0 spiro atoms. The molecule has 208 valence electrons. The molecule has 2 aromatic heterocycles. The van der Waals surface area contributed by atoms with E-state index in [2.05, 4.69) is 25.5 Å². The van der Waals surface area contributed by atoms with Gasteiger partial charge in [-0.05, 0) is 60.4 Å². The molecule has 1 aliphatic rings. The molecule has 7 nitrogen and oxygen atoms in total. The van der Waals surface area contributed by atoms with E-state index in [9.17, 15) is 26.4 Å². The first-order valence-electron chi connectivity index (χ1n) is 12.6.